The van der Waals surface area contributed by atoms with Crippen LogP contribution in [0.3, 0.4) is 0 Å². The van der Waals surface area contributed by atoms with Crippen LogP contribution >= 0.6 is 19.2 Å². The average Bonchev–Trinajstić information content (AvgIpc) is 3.50. The summed E-state index contributed by atoms with van der Waals surface area (Å²) in [5, 5.41) is 1.95. The Morgan fingerprint density at radius 3 is 2.26 bits per heavy atom. The number of benzene rings is 2. The third kappa shape index (κ3) is 13.7. The first kappa shape index (κ1) is 34.1. The first-order chi connectivity index (χ1) is 20.5. The molecule has 8 nitrogen and oxygen atoms in total. The van der Waals surface area contributed by atoms with Crippen molar-refractivity contribution < 1.29 is 37.3 Å². The van der Waals surface area contributed by atoms with Gasteiger partial charge in [-0.2, -0.15) is 4.57 Å². The first-order valence-corrected chi connectivity index (χ1v) is 17.4. The van der Waals surface area contributed by atoms with E-state index in [-0.39, 0.29) is 19.0 Å². The summed E-state index contributed by atoms with van der Waals surface area (Å²) in [6.07, 6.45) is 14.1. The number of methoxy groups -OCH3 is 1. The number of rotatable bonds is 23. The summed E-state index contributed by atoms with van der Waals surface area (Å²) >= 11 is 1.55. The number of unbranched alkanes of at least 4 members (excludes halogenated alkanes) is 9. The van der Waals surface area contributed by atoms with Gasteiger partial charge in [0.2, 0.25) is 5.51 Å². The highest BCUT2D eigenvalue weighted by atomic mass is 32.1. The average molecular weight is 620 g/mol. The van der Waals surface area contributed by atoms with Crippen molar-refractivity contribution in [1.82, 2.24) is 0 Å². The minimum atomic E-state index is -4.65. The Kier molecular flexibility index (Phi) is 16.0. The van der Waals surface area contributed by atoms with E-state index in [0.29, 0.717) is 18.9 Å². The van der Waals surface area contributed by atoms with Crippen molar-refractivity contribution in [1.29, 1.82) is 0 Å². The molecule has 42 heavy (non-hydrogen) atoms. The van der Waals surface area contributed by atoms with Gasteiger partial charge in [0.25, 0.3) is 0 Å². The monoisotopic (exact) mass is 619 g/mol. The van der Waals surface area contributed by atoms with E-state index in [2.05, 4.69) is 6.92 Å². The second-order valence-electron chi connectivity index (χ2n) is 10.3. The summed E-state index contributed by atoms with van der Waals surface area (Å²) in [5.74, 6) is 1.58. The molecule has 0 saturated heterocycles. The first-order valence-electron chi connectivity index (χ1n) is 15.0. The minimum absolute atomic E-state index is 0.101. The van der Waals surface area contributed by atoms with E-state index < -0.39 is 13.9 Å². The topological polar surface area (TPSA) is 90.2 Å². The molecule has 0 spiro atoms. The molecule has 0 aliphatic heterocycles. The van der Waals surface area contributed by atoms with Crippen LogP contribution in [0.4, 0.5) is 0 Å². The molecule has 1 aromatic heterocycles. The van der Waals surface area contributed by atoms with Gasteiger partial charge in [-0.1, -0.05) is 94.2 Å². The van der Waals surface area contributed by atoms with Crippen LogP contribution in [-0.4, -0.2) is 33.0 Å². The molecule has 0 N–H and O–H groups in total. The molecule has 0 fully saturated rings. The van der Waals surface area contributed by atoms with E-state index >= 15 is 0 Å². The third-order valence-electron chi connectivity index (χ3n) is 6.82. The molecule has 2 atom stereocenters. The fraction of sp³-hybridized carbons (Fsp3) is 0.531. The van der Waals surface area contributed by atoms with Gasteiger partial charge >= 0.3 is 7.82 Å². The summed E-state index contributed by atoms with van der Waals surface area (Å²) in [6, 6.07) is 14.4. The zero-order valence-electron chi connectivity index (χ0n) is 25.0. The highest BCUT2D eigenvalue weighted by Gasteiger charge is 2.19. The Morgan fingerprint density at radius 1 is 0.881 bits per heavy atom. The van der Waals surface area contributed by atoms with Gasteiger partial charge in [0.15, 0.2) is 12.7 Å². The lowest BCUT2D eigenvalue weighted by atomic mass is 10.1. The summed E-state index contributed by atoms with van der Waals surface area (Å²) in [6.45, 7) is 3.26. The quantitative estimate of drug-likeness (QED) is 0.0623. The van der Waals surface area contributed by atoms with E-state index in [9.17, 15) is 9.46 Å². The fourth-order valence-electron chi connectivity index (χ4n) is 4.40. The van der Waals surface area contributed by atoms with Crippen LogP contribution in [0.1, 0.15) is 76.7 Å². The third-order valence-corrected chi connectivity index (χ3v) is 8.38. The Hall–Kier alpha value is -2.42. The second-order valence-corrected chi connectivity index (χ2v) is 12.4. The highest BCUT2D eigenvalue weighted by Crippen LogP contribution is 2.41. The van der Waals surface area contributed by atoms with Gasteiger partial charge in [0.1, 0.15) is 30.0 Å². The van der Waals surface area contributed by atoms with Crippen LogP contribution in [0.2, 0.25) is 0 Å². The maximum atomic E-state index is 12.6. The lowest BCUT2D eigenvalue weighted by molar-refractivity contribution is -0.683. The van der Waals surface area contributed by atoms with Gasteiger partial charge in [-0.05, 0) is 30.7 Å². The molecule has 232 valence electrons. The van der Waals surface area contributed by atoms with Crippen molar-refractivity contribution in [3.05, 3.63) is 71.2 Å². The van der Waals surface area contributed by atoms with E-state index in [1.165, 1.54) is 64.9 Å². The Balaban J connectivity index is 1.35. The predicted molar refractivity (Wildman–Crippen MR) is 164 cm³/mol. The van der Waals surface area contributed by atoms with Crippen molar-refractivity contribution in [2.24, 2.45) is 0 Å². The molecule has 2 aromatic carbocycles. The van der Waals surface area contributed by atoms with Gasteiger partial charge in [-0.3, -0.25) is 4.57 Å². The molecule has 1 heterocycles. The van der Waals surface area contributed by atoms with Crippen molar-refractivity contribution in [3.8, 4) is 17.2 Å². The molecule has 0 radical (unpaired) electrons. The maximum Gasteiger partial charge on any atom is 0.319 e. The lowest BCUT2D eigenvalue weighted by Crippen LogP contribution is -2.31. The Bertz CT molecular complexity index is 1180. The molecule has 3 rings (SSSR count). The van der Waals surface area contributed by atoms with Crippen LogP contribution in [0.15, 0.2) is 65.6 Å². The maximum absolute atomic E-state index is 12.6. The van der Waals surface area contributed by atoms with Gasteiger partial charge in [-0.25, -0.2) is 0 Å². The van der Waals surface area contributed by atoms with Crippen molar-refractivity contribution >= 4 is 19.2 Å². The van der Waals surface area contributed by atoms with E-state index in [4.69, 9.17) is 23.3 Å². The number of nitrogens with zero attached hydrogens (tertiary/aromatic N) is 1. The van der Waals surface area contributed by atoms with Crippen LogP contribution < -0.4 is 23.5 Å². The highest BCUT2D eigenvalue weighted by molar-refractivity contribution is 7.46. The summed E-state index contributed by atoms with van der Waals surface area (Å²) < 4.78 is 42.2. The largest absolute Gasteiger partial charge is 0.746 e. The standard InChI is InChI=1S/C32H46NO7PS/c1-3-4-5-6-7-8-9-10-11-14-21-37-29-17-15-18-30(23-29)38-25-31(36-2)26-39-41(34,35)40-32-19-13-12-16-28(32)24-33-20-22-42-27-33/h12-13,15-20,22-23,27,31H,3-11,14,21,24-26H2,1-2H3. The molecule has 10 heteroatoms. The number of phosphoric ester groups is 1. The summed E-state index contributed by atoms with van der Waals surface area (Å²) in [5.41, 5.74) is 2.66. The molecule has 0 amide bonds. The SMILES string of the molecule is CCCCCCCCCCCCOc1cccc(OCC(COP(=O)([O-])Oc2ccccc2C[n+]2ccsc2)OC)c1. The van der Waals surface area contributed by atoms with Crippen LogP contribution in [0, 0.1) is 0 Å². The second kappa shape index (κ2) is 19.7. The van der Waals surface area contributed by atoms with Crippen molar-refractivity contribution in [2.45, 2.75) is 83.8 Å². The van der Waals surface area contributed by atoms with Gasteiger partial charge in [0, 0.05) is 13.2 Å². The normalized spacial score (nSPS) is 13.4. The van der Waals surface area contributed by atoms with Gasteiger partial charge in [-0.15, -0.1) is 0 Å². The fourth-order valence-corrected chi connectivity index (χ4v) is 5.82. The molecule has 0 aliphatic rings. The van der Waals surface area contributed by atoms with Crippen LogP contribution in [0.25, 0.3) is 0 Å². The number of aromatic nitrogens is 1. The number of hydrogen-bond acceptors (Lipinski definition) is 8. The van der Waals surface area contributed by atoms with Crippen molar-refractivity contribution in [3.63, 3.8) is 0 Å². The number of para-hydroxylation sites is 1. The Morgan fingerprint density at radius 2 is 1.57 bits per heavy atom. The smallest absolute Gasteiger partial charge is 0.319 e. The Labute approximate surface area is 255 Å². The van der Waals surface area contributed by atoms with E-state index in [1.807, 2.05) is 58.1 Å². The van der Waals surface area contributed by atoms with E-state index in [0.717, 1.165) is 17.7 Å². The lowest BCUT2D eigenvalue weighted by Gasteiger charge is -2.26. The minimum Gasteiger partial charge on any atom is -0.746 e. The van der Waals surface area contributed by atoms with Crippen LogP contribution in [-0.2, 0) is 20.4 Å². The molecule has 0 aliphatic carbocycles. The molecular formula is C32H46NO7PS. The molecule has 2 unspecified atom stereocenters. The molecule has 3 aromatic rings. The molecule has 0 bridgehead atoms. The van der Waals surface area contributed by atoms with Crippen LogP contribution in [0.5, 0.6) is 17.2 Å². The van der Waals surface area contributed by atoms with E-state index in [1.54, 1.807) is 23.5 Å². The zero-order chi connectivity index (χ0) is 29.9. The molecular weight excluding hydrogens is 573 g/mol. The van der Waals surface area contributed by atoms with Gasteiger partial charge < -0.3 is 28.2 Å². The molecule has 0 saturated carbocycles. The van der Waals surface area contributed by atoms with Crippen molar-refractivity contribution in [2.75, 3.05) is 26.9 Å². The summed E-state index contributed by atoms with van der Waals surface area (Å²) in [7, 11) is -3.17. The predicted octanol–water partition coefficient (Wildman–Crippen LogP) is 7.34. The number of phosphoric acid groups is 1. The number of thiazole rings is 1. The number of hydrogen-bond donors (Lipinski definition) is 0. The summed E-state index contributed by atoms with van der Waals surface area (Å²) in [4.78, 5) is 12.6. The zero-order valence-corrected chi connectivity index (χ0v) is 26.7. The number of ether oxygens (including phenoxy) is 3. The van der Waals surface area contributed by atoms with Gasteiger partial charge in [0.05, 0.1) is 24.2 Å².